The van der Waals surface area contributed by atoms with Crippen LogP contribution in [0.3, 0.4) is 0 Å². The molecular weight excluding hydrogens is 240 g/mol. The highest BCUT2D eigenvalue weighted by Gasteiger charge is 2.25. The van der Waals surface area contributed by atoms with Crippen LogP contribution in [0.5, 0.6) is 5.88 Å². The minimum Gasteiger partial charge on any atom is -0.481 e. The van der Waals surface area contributed by atoms with E-state index in [4.69, 9.17) is 10.5 Å². The minimum absolute atomic E-state index is 0.367. The lowest BCUT2D eigenvalue weighted by molar-refractivity contribution is 0.368. The summed E-state index contributed by atoms with van der Waals surface area (Å²) in [6.45, 7) is 3.16. The predicted molar refractivity (Wildman–Crippen MR) is 76.5 cm³/mol. The molecular formula is C14H24N4O. The van der Waals surface area contributed by atoms with E-state index in [1.165, 1.54) is 0 Å². The van der Waals surface area contributed by atoms with Crippen molar-refractivity contribution >= 4 is 5.95 Å². The highest BCUT2D eigenvalue weighted by atomic mass is 16.5. The zero-order valence-electron chi connectivity index (χ0n) is 11.9. The monoisotopic (exact) mass is 264 g/mol. The maximum absolute atomic E-state index is 5.99. The molecule has 2 N–H and O–H groups in total. The third-order valence-corrected chi connectivity index (χ3v) is 3.73. The molecule has 0 amide bonds. The van der Waals surface area contributed by atoms with Gasteiger partial charge in [0.15, 0.2) is 0 Å². The lowest BCUT2D eigenvalue weighted by atomic mass is 9.91. The Labute approximate surface area is 115 Å². The van der Waals surface area contributed by atoms with Crippen LogP contribution in [-0.2, 0) is 0 Å². The Morgan fingerprint density at radius 3 is 2.74 bits per heavy atom. The van der Waals surface area contributed by atoms with E-state index in [1.54, 1.807) is 19.4 Å². The van der Waals surface area contributed by atoms with E-state index in [0.29, 0.717) is 18.0 Å². The summed E-state index contributed by atoms with van der Waals surface area (Å²) >= 11 is 0. The number of hydrogen-bond acceptors (Lipinski definition) is 5. The van der Waals surface area contributed by atoms with Crippen molar-refractivity contribution in [2.75, 3.05) is 18.6 Å². The maximum Gasteiger partial charge on any atom is 0.228 e. The van der Waals surface area contributed by atoms with Gasteiger partial charge in [-0.1, -0.05) is 6.92 Å². The molecule has 0 bridgehead atoms. The summed E-state index contributed by atoms with van der Waals surface area (Å²) in [6.07, 6.45) is 7.29. The second-order valence-corrected chi connectivity index (χ2v) is 5.16. The normalized spacial score (nSPS) is 23.1. The van der Waals surface area contributed by atoms with Gasteiger partial charge in [0.05, 0.1) is 7.11 Å². The molecule has 1 aromatic heterocycles. The molecule has 0 saturated heterocycles. The van der Waals surface area contributed by atoms with Crippen LogP contribution in [0.15, 0.2) is 12.3 Å². The molecule has 1 heterocycles. The van der Waals surface area contributed by atoms with E-state index in [1.807, 2.05) is 0 Å². The van der Waals surface area contributed by atoms with Gasteiger partial charge < -0.3 is 15.4 Å². The SMILES string of the molecule is CCCN(c1nccc(OC)n1)C1CCC(N)CC1. The minimum atomic E-state index is 0.367. The van der Waals surface area contributed by atoms with Crippen LogP contribution in [0.25, 0.3) is 0 Å². The Hall–Kier alpha value is -1.36. The molecule has 0 radical (unpaired) electrons. The van der Waals surface area contributed by atoms with Crippen molar-refractivity contribution in [2.45, 2.75) is 51.1 Å². The van der Waals surface area contributed by atoms with E-state index in [2.05, 4.69) is 21.8 Å². The highest BCUT2D eigenvalue weighted by Crippen LogP contribution is 2.25. The van der Waals surface area contributed by atoms with Gasteiger partial charge in [-0.25, -0.2) is 4.98 Å². The van der Waals surface area contributed by atoms with Crippen LogP contribution in [0.4, 0.5) is 5.95 Å². The number of nitrogens with two attached hydrogens (primary N) is 1. The zero-order valence-corrected chi connectivity index (χ0v) is 11.9. The van der Waals surface area contributed by atoms with E-state index in [0.717, 1.165) is 44.6 Å². The number of anilines is 1. The van der Waals surface area contributed by atoms with Crippen molar-refractivity contribution in [3.05, 3.63) is 12.3 Å². The molecule has 2 rings (SSSR count). The van der Waals surface area contributed by atoms with E-state index >= 15 is 0 Å². The Bertz CT molecular complexity index is 391. The van der Waals surface area contributed by atoms with E-state index in [-0.39, 0.29) is 0 Å². The summed E-state index contributed by atoms with van der Waals surface area (Å²) in [5.74, 6) is 1.40. The molecule has 1 aliphatic carbocycles. The average molecular weight is 264 g/mol. The first kappa shape index (κ1) is 14.1. The molecule has 0 unspecified atom stereocenters. The molecule has 19 heavy (non-hydrogen) atoms. The Kier molecular flexibility index (Phi) is 4.96. The fraction of sp³-hybridized carbons (Fsp3) is 0.714. The second kappa shape index (κ2) is 6.70. The number of aromatic nitrogens is 2. The van der Waals surface area contributed by atoms with E-state index < -0.39 is 0 Å². The van der Waals surface area contributed by atoms with Gasteiger partial charge >= 0.3 is 0 Å². The molecule has 0 spiro atoms. The standard InChI is InChI=1S/C14H24N4O/c1-3-10-18(12-6-4-11(15)5-7-12)14-16-9-8-13(17-14)19-2/h8-9,11-12H,3-7,10,15H2,1-2H3. The molecule has 1 fully saturated rings. The van der Waals surface area contributed by atoms with E-state index in [9.17, 15) is 0 Å². The fourth-order valence-corrected chi connectivity index (χ4v) is 2.68. The quantitative estimate of drug-likeness (QED) is 0.881. The second-order valence-electron chi connectivity index (χ2n) is 5.16. The Balaban J connectivity index is 2.14. The summed E-state index contributed by atoms with van der Waals surface area (Å²) in [4.78, 5) is 11.2. The zero-order chi connectivity index (χ0) is 13.7. The van der Waals surface area contributed by atoms with Crippen LogP contribution in [0.2, 0.25) is 0 Å². The number of ether oxygens (including phenoxy) is 1. The van der Waals surface area contributed by atoms with Gasteiger partial charge in [-0.3, -0.25) is 0 Å². The van der Waals surface area contributed by atoms with Gasteiger partial charge in [0.25, 0.3) is 0 Å². The van der Waals surface area contributed by atoms with Crippen LogP contribution in [-0.4, -0.2) is 35.7 Å². The molecule has 5 nitrogen and oxygen atoms in total. The van der Waals surface area contributed by atoms with Crippen molar-refractivity contribution < 1.29 is 4.74 Å². The van der Waals surface area contributed by atoms with Gasteiger partial charge in [0.2, 0.25) is 11.8 Å². The third kappa shape index (κ3) is 3.56. The molecule has 1 saturated carbocycles. The highest BCUT2D eigenvalue weighted by molar-refractivity contribution is 5.33. The smallest absolute Gasteiger partial charge is 0.228 e. The van der Waals surface area contributed by atoms with Gasteiger partial charge in [-0.05, 0) is 32.1 Å². The largest absolute Gasteiger partial charge is 0.481 e. The van der Waals surface area contributed by atoms with Crippen molar-refractivity contribution in [3.63, 3.8) is 0 Å². The first-order valence-corrected chi connectivity index (χ1v) is 7.13. The molecule has 1 aliphatic rings. The summed E-state index contributed by atoms with van der Waals surface area (Å²) in [6, 6.07) is 2.66. The molecule has 0 aromatic carbocycles. The summed E-state index contributed by atoms with van der Waals surface area (Å²) in [5.41, 5.74) is 5.99. The van der Waals surface area contributed by atoms with Crippen LogP contribution >= 0.6 is 0 Å². The topological polar surface area (TPSA) is 64.3 Å². The molecule has 106 valence electrons. The van der Waals surface area contributed by atoms with Crippen molar-refractivity contribution in [1.82, 2.24) is 9.97 Å². The molecule has 0 atom stereocenters. The Morgan fingerprint density at radius 1 is 1.37 bits per heavy atom. The lowest BCUT2D eigenvalue weighted by Crippen LogP contribution is -2.42. The lowest BCUT2D eigenvalue weighted by Gasteiger charge is -2.36. The molecule has 1 aromatic rings. The number of rotatable bonds is 5. The number of hydrogen-bond donors (Lipinski definition) is 1. The first-order chi connectivity index (χ1) is 9.24. The summed E-state index contributed by atoms with van der Waals surface area (Å²) < 4.78 is 5.19. The van der Waals surface area contributed by atoms with Gasteiger partial charge in [-0.2, -0.15) is 4.98 Å². The van der Waals surface area contributed by atoms with Crippen LogP contribution < -0.4 is 15.4 Å². The predicted octanol–water partition coefficient (Wildman–Crippen LogP) is 1.97. The van der Waals surface area contributed by atoms with Crippen molar-refractivity contribution in [2.24, 2.45) is 5.73 Å². The Morgan fingerprint density at radius 2 is 2.11 bits per heavy atom. The summed E-state index contributed by atoms with van der Waals surface area (Å²) in [7, 11) is 1.63. The fourth-order valence-electron chi connectivity index (χ4n) is 2.68. The molecule has 0 aliphatic heterocycles. The number of nitrogens with zero attached hydrogens (tertiary/aromatic N) is 3. The van der Waals surface area contributed by atoms with Crippen molar-refractivity contribution in [1.29, 1.82) is 0 Å². The van der Waals surface area contributed by atoms with Gasteiger partial charge in [-0.15, -0.1) is 0 Å². The van der Waals surface area contributed by atoms with Crippen LogP contribution in [0, 0.1) is 0 Å². The summed E-state index contributed by atoms with van der Waals surface area (Å²) in [5, 5.41) is 0. The first-order valence-electron chi connectivity index (χ1n) is 7.13. The van der Waals surface area contributed by atoms with Crippen LogP contribution in [0.1, 0.15) is 39.0 Å². The van der Waals surface area contributed by atoms with Gasteiger partial charge in [0.1, 0.15) is 0 Å². The number of methoxy groups -OCH3 is 1. The maximum atomic E-state index is 5.99. The molecule has 5 heteroatoms. The average Bonchev–Trinajstić information content (AvgIpc) is 2.46. The third-order valence-electron chi connectivity index (χ3n) is 3.73. The van der Waals surface area contributed by atoms with Crippen molar-refractivity contribution in [3.8, 4) is 5.88 Å². The van der Waals surface area contributed by atoms with Gasteiger partial charge in [0, 0.05) is 30.9 Å².